The van der Waals surface area contributed by atoms with Crippen LogP contribution >= 0.6 is 15.9 Å². The van der Waals surface area contributed by atoms with Crippen molar-refractivity contribution in [1.29, 1.82) is 0 Å². The molecule has 2 N–H and O–H groups in total. The van der Waals surface area contributed by atoms with Gasteiger partial charge in [0.25, 0.3) is 5.91 Å². The molecule has 26 heavy (non-hydrogen) atoms. The maximum absolute atomic E-state index is 11.9. The van der Waals surface area contributed by atoms with Crippen molar-refractivity contribution >= 4 is 27.7 Å². The van der Waals surface area contributed by atoms with Crippen LogP contribution in [0.4, 0.5) is 0 Å². The Morgan fingerprint density at radius 1 is 1.08 bits per heavy atom. The molecule has 3 rings (SSSR count). The summed E-state index contributed by atoms with van der Waals surface area (Å²) in [4.78, 5) is 27.7. The van der Waals surface area contributed by atoms with Gasteiger partial charge in [0.1, 0.15) is 0 Å². The zero-order chi connectivity index (χ0) is 18.4. The molecule has 0 bridgehead atoms. The van der Waals surface area contributed by atoms with Crippen molar-refractivity contribution in [3.8, 4) is 0 Å². The first-order chi connectivity index (χ1) is 12.6. The van der Waals surface area contributed by atoms with Crippen LogP contribution < -0.4 is 10.6 Å². The van der Waals surface area contributed by atoms with Crippen molar-refractivity contribution in [1.82, 2.24) is 20.2 Å². The number of rotatable bonds is 7. The molecule has 0 radical (unpaired) electrons. The second-order valence-electron chi connectivity index (χ2n) is 5.61. The molecule has 7 nitrogen and oxygen atoms in total. The zero-order valence-corrected chi connectivity index (χ0v) is 15.4. The van der Waals surface area contributed by atoms with Crippen LogP contribution in [0, 0.1) is 0 Å². The van der Waals surface area contributed by atoms with E-state index in [0.717, 1.165) is 17.7 Å². The van der Waals surface area contributed by atoms with Crippen molar-refractivity contribution < 1.29 is 14.0 Å². The third kappa shape index (κ3) is 5.06. The highest BCUT2D eigenvalue weighted by Crippen LogP contribution is 2.13. The van der Waals surface area contributed by atoms with Crippen molar-refractivity contribution in [2.75, 3.05) is 6.54 Å². The summed E-state index contributed by atoms with van der Waals surface area (Å²) < 4.78 is 7.57. The van der Waals surface area contributed by atoms with Gasteiger partial charge in [-0.05, 0) is 39.2 Å². The molecule has 0 atom stereocenters. The Labute approximate surface area is 158 Å². The van der Waals surface area contributed by atoms with Gasteiger partial charge < -0.3 is 19.6 Å². The number of aromatic nitrogens is 2. The highest BCUT2D eigenvalue weighted by molar-refractivity contribution is 9.10. The van der Waals surface area contributed by atoms with Gasteiger partial charge in [0.15, 0.2) is 10.4 Å². The first-order valence-electron chi connectivity index (χ1n) is 7.94. The SMILES string of the molecule is O=C(CNC(=O)c1ccc(Br)o1)NCc1ccc(Cn2ccnc2)cc1. The van der Waals surface area contributed by atoms with E-state index in [1.165, 1.54) is 6.07 Å². The van der Waals surface area contributed by atoms with Gasteiger partial charge >= 0.3 is 0 Å². The molecule has 8 heteroatoms. The molecule has 0 spiro atoms. The maximum atomic E-state index is 11.9. The molecule has 0 saturated heterocycles. The highest BCUT2D eigenvalue weighted by Gasteiger charge is 2.11. The Bertz CT molecular complexity index is 872. The Morgan fingerprint density at radius 2 is 1.85 bits per heavy atom. The lowest BCUT2D eigenvalue weighted by Crippen LogP contribution is -2.36. The predicted octanol–water partition coefficient (Wildman–Crippen LogP) is 2.33. The monoisotopic (exact) mass is 416 g/mol. The Balaban J connectivity index is 1.42. The topological polar surface area (TPSA) is 89.2 Å². The van der Waals surface area contributed by atoms with Gasteiger partial charge in [-0.25, -0.2) is 4.98 Å². The Hall–Kier alpha value is -2.87. The quantitative estimate of drug-likeness (QED) is 0.618. The van der Waals surface area contributed by atoms with E-state index in [-0.39, 0.29) is 18.2 Å². The number of hydrogen-bond donors (Lipinski definition) is 2. The second kappa shape index (κ2) is 8.48. The highest BCUT2D eigenvalue weighted by atomic mass is 79.9. The van der Waals surface area contributed by atoms with Crippen molar-refractivity contribution in [2.24, 2.45) is 0 Å². The number of benzene rings is 1. The Morgan fingerprint density at radius 3 is 2.50 bits per heavy atom. The van der Waals surface area contributed by atoms with E-state index in [9.17, 15) is 9.59 Å². The largest absolute Gasteiger partial charge is 0.444 e. The van der Waals surface area contributed by atoms with E-state index in [0.29, 0.717) is 11.2 Å². The third-order valence-electron chi connectivity index (χ3n) is 3.64. The number of imidazole rings is 1. The summed E-state index contributed by atoms with van der Waals surface area (Å²) in [6.07, 6.45) is 5.42. The van der Waals surface area contributed by atoms with E-state index in [1.54, 1.807) is 18.6 Å². The minimum Gasteiger partial charge on any atom is -0.444 e. The summed E-state index contributed by atoms with van der Waals surface area (Å²) in [6, 6.07) is 11.1. The molecular formula is C18H17BrN4O3. The summed E-state index contributed by atoms with van der Waals surface area (Å²) in [5, 5.41) is 5.28. The van der Waals surface area contributed by atoms with Crippen LogP contribution in [0.25, 0.3) is 0 Å². The lowest BCUT2D eigenvalue weighted by Gasteiger charge is -2.08. The molecule has 2 amide bonds. The number of amides is 2. The fourth-order valence-electron chi connectivity index (χ4n) is 2.30. The molecule has 0 aliphatic carbocycles. The van der Waals surface area contributed by atoms with Gasteiger partial charge in [0.05, 0.1) is 12.9 Å². The molecule has 0 unspecified atom stereocenters. The molecule has 2 aromatic heterocycles. The van der Waals surface area contributed by atoms with Gasteiger partial charge in [0.2, 0.25) is 5.91 Å². The summed E-state index contributed by atoms with van der Waals surface area (Å²) in [7, 11) is 0. The van der Waals surface area contributed by atoms with E-state index < -0.39 is 5.91 Å². The molecule has 134 valence electrons. The third-order valence-corrected chi connectivity index (χ3v) is 4.07. The lowest BCUT2D eigenvalue weighted by atomic mass is 10.1. The molecule has 0 fully saturated rings. The van der Waals surface area contributed by atoms with Gasteiger partial charge in [0, 0.05) is 25.5 Å². The van der Waals surface area contributed by atoms with Crippen LogP contribution in [0.2, 0.25) is 0 Å². The van der Waals surface area contributed by atoms with Gasteiger partial charge in [-0.2, -0.15) is 0 Å². The smallest absolute Gasteiger partial charge is 0.287 e. The van der Waals surface area contributed by atoms with Crippen LogP contribution in [0.1, 0.15) is 21.7 Å². The van der Waals surface area contributed by atoms with Crippen LogP contribution in [0.15, 0.2) is 64.2 Å². The molecule has 1 aromatic carbocycles. The number of hydrogen-bond acceptors (Lipinski definition) is 4. The Kier molecular flexibility index (Phi) is 5.85. The molecule has 2 heterocycles. The average molecular weight is 417 g/mol. The number of nitrogens with one attached hydrogen (secondary N) is 2. The van der Waals surface area contributed by atoms with Crippen LogP contribution in [0.3, 0.4) is 0 Å². The lowest BCUT2D eigenvalue weighted by molar-refractivity contribution is -0.120. The number of nitrogens with zero attached hydrogens (tertiary/aromatic N) is 2. The summed E-state index contributed by atoms with van der Waals surface area (Å²) in [5.74, 6) is -0.556. The molecule has 0 saturated carbocycles. The van der Waals surface area contributed by atoms with Crippen molar-refractivity contribution in [2.45, 2.75) is 13.1 Å². The fourth-order valence-corrected chi connectivity index (χ4v) is 2.61. The van der Waals surface area contributed by atoms with Gasteiger partial charge in [-0.1, -0.05) is 24.3 Å². The standard InChI is InChI=1S/C18H17BrN4O3/c19-16-6-5-15(26-16)18(25)22-10-17(24)21-9-13-1-3-14(4-2-13)11-23-8-7-20-12-23/h1-8,12H,9-11H2,(H,21,24)(H,22,25). The average Bonchev–Trinajstić information content (AvgIpc) is 3.31. The van der Waals surface area contributed by atoms with Crippen LogP contribution in [-0.4, -0.2) is 27.9 Å². The second-order valence-corrected chi connectivity index (χ2v) is 6.40. The van der Waals surface area contributed by atoms with E-state index in [4.69, 9.17) is 4.42 Å². The first-order valence-corrected chi connectivity index (χ1v) is 8.73. The molecule has 3 aromatic rings. The molecular weight excluding hydrogens is 400 g/mol. The zero-order valence-electron chi connectivity index (χ0n) is 13.8. The number of carbonyl (C=O) groups is 2. The predicted molar refractivity (Wildman–Crippen MR) is 98.4 cm³/mol. The summed E-state index contributed by atoms with van der Waals surface area (Å²) in [6.45, 7) is 1.03. The number of carbonyl (C=O) groups excluding carboxylic acids is 2. The van der Waals surface area contributed by atoms with Crippen LogP contribution in [0.5, 0.6) is 0 Å². The molecule has 0 aliphatic rings. The van der Waals surface area contributed by atoms with Crippen molar-refractivity contribution in [3.63, 3.8) is 0 Å². The van der Waals surface area contributed by atoms with Gasteiger partial charge in [-0.15, -0.1) is 0 Å². The number of halogens is 1. The van der Waals surface area contributed by atoms with Crippen LogP contribution in [-0.2, 0) is 17.9 Å². The first kappa shape index (κ1) is 17.9. The van der Waals surface area contributed by atoms with E-state index >= 15 is 0 Å². The normalized spacial score (nSPS) is 10.5. The minimum atomic E-state index is -0.435. The van der Waals surface area contributed by atoms with E-state index in [1.807, 2.05) is 35.0 Å². The maximum Gasteiger partial charge on any atom is 0.287 e. The van der Waals surface area contributed by atoms with E-state index in [2.05, 4.69) is 31.5 Å². The number of furan rings is 1. The van der Waals surface area contributed by atoms with Gasteiger partial charge in [-0.3, -0.25) is 9.59 Å². The minimum absolute atomic E-state index is 0.115. The summed E-state index contributed by atoms with van der Waals surface area (Å²) >= 11 is 3.12. The molecule has 0 aliphatic heterocycles. The summed E-state index contributed by atoms with van der Waals surface area (Å²) in [5.41, 5.74) is 2.13. The van der Waals surface area contributed by atoms with Crippen molar-refractivity contribution in [3.05, 3.63) is 76.7 Å². The fraction of sp³-hybridized carbons (Fsp3) is 0.167.